The maximum Gasteiger partial charge on any atom is 0.215 e. The molecule has 0 bridgehead atoms. The summed E-state index contributed by atoms with van der Waals surface area (Å²) < 4.78 is 31.4. The van der Waals surface area contributed by atoms with Crippen molar-refractivity contribution in [3.8, 4) is 5.75 Å². The van der Waals surface area contributed by atoms with Crippen molar-refractivity contribution in [1.82, 2.24) is 4.72 Å². The normalized spacial score (nSPS) is 22.7. The summed E-state index contributed by atoms with van der Waals surface area (Å²) in [5, 5.41) is 0. The molecule has 2 atom stereocenters. The predicted octanol–water partition coefficient (Wildman–Crippen LogP) is 0.975. The minimum absolute atomic E-state index is 0.0510. The lowest BCUT2D eigenvalue weighted by Crippen LogP contribution is -2.31. The number of nitrogens with one attached hydrogen (secondary N) is 1. The van der Waals surface area contributed by atoms with Crippen LogP contribution in [0.1, 0.15) is 13.3 Å². The van der Waals surface area contributed by atoms with E-state index in [1.54, 1.807) is 24.3 Å². The largest absolute Gasteiger partial charge is 0.490 e. The molecule has 1 aliphatic carbocycles. The first-order valence-electron chi connectivity index (χ1n) is 5.95. The Hall–Kier alpha value is -1.27. The van der Waals surface area contributed by atoms with Gasteiger partial charge in [-0.3, -0.25) is 0 Å². The van der Waals surface area contributed by atoms with E-state index < -0.39 is 10.0 Å². The fraction of sp³-hybridized carbons (Fsp3) is 0.500. The number of anilines is 1. The first kappa shape index (κ1) is 13.2. The molecule has 3 N–H and O–H groups in total. The number of hydrogen-bond acceptors (Lipinski definition) is 4. The predicted molar refractivity (Wildman–Crippen MR) is 70.8 cm³/mol. The molecule has 0 amide bonds. The molecule has 1 aliphatic rings. The fourth-order valence-corrected chi connectivity index (χ4v) is 2.86. The van der Waals surface area contributed by atoms with Crippen molar-refractivity contribution in [3.63, 3.8) is 0 Å². The van der Waals surface area contributed by atoms with Crippen LogP contribution in [0.2, 0.25) is 0 Å². The lowest BCUT2D eigenvalue weighted by atomic mass is 10.3. The van der Waals surface area contributed by atoms with Gasteiger partial charge in [0, 0.05) is 6.04 Å². The zero-order valence-corrected chi connectivity index (χ0v) is 11.1. The molecule has 0 aliphatic heterocycles. The summed E-state index contributed by atoms with van der Waals surface area (Å²) in [4.78, 5) is 0. The van der Waals surface area contributed by atoms with E-state index in [-0.39, 0.29) is 18.4 Å². The summed E-state index contributed by atoms with van der Waals surface area (Å²) in [6.07, 6.45) is 0.922. The van der Waals surface area contributed by atoms with E-state index >= 15 is 0 Å². The highest BCUT2D eigenvalue weighted by molar-refractivity contribution is 7.89. The van der Waals surface area contributed by atoms with Gasteiger partial charge in [-0.1, -0.05) is 19.1 Å². The molecule has 5 nitrogen and oxygen atoms in total. The molecule has 1 aromatic rings. The van der Waals surface area contributed by atoms with Crippen molar-refractivity contribution in [2.45, 2.75) is 19.4 Å². The van der Waals surface area contributed by atoms with Gasteiger partial charge >= 0.3 is 0 Å². The Kier molecular flexibility index (Phi) is 3.77. The van der Waals surface area contributed by atoms with Gasteiger partial charge in [-0.25, -0.2) is 13.1 Å². The SMILES string of the molecule is CC1CC1NS(=O)(=O)CCOc1ccccc1N. The van der Waals surface area contributed by atoms with Crippen LogP contribution in [-0.2, 0) is 10.0 Å². The van der Waals surface area contributed by atoms with Crippen LogP contribution in [0.4, 0.5) is 5.69 Å². The molecule has 0 spiro atoms. The molecule has 100 valence electrons. The highest BCUT2D eigenvalue weighted by Gasteiger charge is 2.35. The number of hydrogen-bond donors (Lipinski definition) is 2. The molecule has 2 rings (SSSR count). The van der Waals surface area contributed by atoms with Gasteiger partial charge in [0.25, 0.3) is 0 Å². The molecule has 1 saturated carbocycles. The molecular weight excluding hydrogens is 252 g/mol. The van der Waals surface area contributed by atoms with Crippen molar-refractivity contribution in [2.75, 3.05) is 18.1 Å². The van der Waals surface area contributed by atoms with E-state index in [0.717, 1.165) is 6.42 Å². The molecule has 0 heterocycles. The summed E-state index contributed by atoms with van der Waals surface area (Å²) in [6.45, 7) is 2.12. The van der Waals surface area contributed by atoms with Gasteiger partial charge in [-0.15, -0.1) is 0 Å². The number of ether oxygens (including phenoxy) is 1. The van der Waals surface area contributed by atoms with Gasteiger partial charge in [-0.2, -0.15) is 0 Å². The second-order valence-corrected chi connectivity index (χ2v) is 6.52. The summed E-state index contributed by atoms with van der Waals surface area (Å²) in [5.74, 6) is 0.919. The molecule has 6 heteroatoms. The number of sulfonamides is 1. The number of benzene rings is 1. The molecule has 1 fully saturated rings. The third kappa shape index (κ3) is 3.61. The van der Waals surface area contributed by atoms with Crippen LogP contribution in [0.5, 0.6) is 5.75 Å². The van der Waals surface area contributed by atoms with Crippen LogP contribution in [0.15, 0.2) is 24.3 Å². The van der Waals surface area contributed by atoms with Crippen molar-refractivity contribution in [3.05, 3.63) is 24.3 Å². The first-order chi connectivity index (χ1) is 8.48. The summed E-state index contributed by atoms with van der Waals surface area (Å²) in [6, 6.07) is 7.14. The molecule has 0 radical (unpaired) electrons. The highest BCUT2D eigenvalue weighted by atomic mass is 32.2. The van der Waals surface area contributed by atoms with E-state index in [1.807, 2.05) is 6.92 Å². The van der Waals surface area contributed by atoms with Gasteiger partial charge in [0.15, 0.2) is 0 Å². The van der Waals surface area contributed by atoms with Crippen LogP contribution in [0, 0.1) is 5.92 Å². The number of rotatable bonds is 6. The smallest absolute Gasteiger partial charge is 0.215 e. The van der Waals surface area contributed by atoms with Crippen LogP contribution in [0.3, 0.4) is 0 Å². The average molecular weight is 270 g/mol. The lowest BCUT2D eigenvalue weighted by molar-refractivity contribution is 0.342. The van der Waals surface area contributed by atoms with Crippen LogP contribution < -0.4 is 15.2 Å². The fourth-order valence-electron chi connectivity index (χ4n) is 1.65. The van der Waals surface area contributed by atoms with E-state index in [0.29, 0.717) is 17.4 Å². The molecule has 1 aromatic carbocycles. The first-order valence-corrected chi connectivity index (χ1v) is 7.60. The zero-order valence-electron chi connectivity index (χ0n) is 10.3. The quantitative estimate of drug-likeness (QED) is 0.755. The zero-order chi connectivity index (χ0) is 13.2. The minimum Gasteiger partial charge on any atom is -0.490 e. The van der Waals surface area contributed by atoms with E-state index in [1.165, 1.54) is 0 Å². The highest BCUT2D eigenvalue weighted by Crippen LogP contribution is 2.29. The van der Waals surface area contributed by atoms with Crippen LogP contribution >= 0.6 is 0 Å². The lowest BCUT2D eigenvalue weighted by Gasteiger charge is -2.09. The Morgan fingerprint density at radius 3 is 2.72 bits per heavy atom. The maximum absolute atomic E-state index is 11.7. The van der Waals surface area contributed by atoms with Gasteiger partial charge in [0.2, 0.25) is 10.0 Å². The van der Waals surface area contributed by atoms with Crippen molar-refractivity contribution in [1.29, 1.82) is 0 Å². The third-order valence-electron chi connectivity index (χ3n) is 2.97. The Morgan fingerprint density at radius 2 is 2.11 bits per heavy atom. The van der Waals surface area contributed by atoms with E-state index in [2.05, 4.69) is 4.72 Å². The number of nitrogen functional groups attached to an aromatic ring is 1. The van der Waals surface area contributed by atoms with Gasteiger partial charge in [0.1, 0.15) is 12.4 Å². The molecule has 0 aromatic heterocycles. The van der Waals surface area contributed by atoms with E-state index in [4.69, 9.17) is 10.5 Å². The standard InChI is InChI=1S/C12H18N2O3S/c1-9-8-11(9)14-18(15,16)7-6-17-12-5-3-2-4-10(12)13/h2-5,9,11,14H,6-8,13H2,1H3. The van der Waals surface area contributed by atoms with Crippen molar-refractivity contribution in [2.24, 2.45) is 5.92 Å². The summed E-state index contributed by atoms with van der Waals surface area (Å²) in [5.41, 5.74) is 6.20. The molecule has 0 saturated heterocycles. The van der Waals surface area contributed by atoms with Crippen molar-refractivity contribution < 1.29 is 13.2 Å². The van der Waals surface area contributed by atoms with Crippen LogP contribution in [0.25, 0.3) is 0 Å². The number of nitrogens with two attached hydrogens (primary N) is 1. The van der Waals surface area contributed by atoms with Crippen LogP contribution in [-0.4, -0.2) is 26.8 Å². The summed E-state index contributed by atoms with van der Waals surface area (Å²) >= 11 is 0. The average Bonchev–Trinajstić information content (AvgIpc) is 2.96. The minimum atomic E-state index is -3.25. The molecule has 18 heavy (non-hydrogen) atoms. The Balaban J connectivity index is 1.80. The second kappa shape index (κ2) is 5.16. The molecule has 2 unspecified atom stereocenters. The Morgan fingerprint density at radius 1 is 1.44 bits per heavy atom. The van der Waals surface area contributed by atoms with Gasteiger partial charge in [-0.05, 0) is 24.5 Å². The van der Waals surface area contributed by atoms with Crippen molar-refractivity contribution >= 4 is 15.7 Å². The topological polar surface area (TPSA) is 81.4 Å². The number of para-hydroxylation sites is 2. The van der Waals surface area contributed by atoms with E-state index in [9.17, 15) is 8.42 Å². The Bertz CT molecular complexity index is 516. The van der Waals surface area contributed by atoms with Gasteiger partial charge < -0.3 is 10.5 Å². The summed E-state index contributed by atoms with van der Waals surface area (Å²) in [7, 11) is -3.25. The Labute approximate surface area is 107 Å². The monoisotopic (exact) mass is 270 g/mol. The molecular formula is C12H18N2O3S. The second-order valence-electron chi connectivity index (χ2n) is 4.64. The van der Waals surface area contributed by atoms with Gasteiger partial charge in [0.05, 0.1) is 11.4 Å². The third-order valence-corrected chi connectivity index (χ3v) is 4.34. The maximum atomic E-state index is 11.7.